The Bertz CT molecular complexity index is 492. The second-order valence-electron chi connectivity index (χ2n) is 7.42. The highest BCUT2D eigenvalue weighted by molar-refractivity contribution is 5.89. The topological polar surface area (TPSA) is 60.9 Å². The average molecular weight is 335 g/mol. The van der Waals surface area contributed by atoms with E-state index >= 15 is 0 Å². The van der Waals surface area contributed by atoms with Crippen molar-refractivity contribution in [2.75, 3.05) is 32.7 Å². The number of rotatable bonds is 2. The van der Waals surface area contributed by atoms with Gasteiger partial charge in [-0.05, 0) is 12.8 Å². The monoisotopic (exact) mass is 335 g/mol. The van der Waals surface area contributed by atoms with E-state index in [0.29, 0.717) is 45.2 Å². The summed E-state index contributed by atoms with van der Waals surface area (Å²) in [5.41, 5.74) is 0. The summed E-state index contributed by atoms with van der Waals surface area (Å²) in [6.45, 7) is 4.55. The maximum atomic E-state index is 12.8. The van der Waals surface area contributed by atoms with Crippen LogP contribution in [0.1, 0.15) is 51.9 Å². The molecule has 0 aromatic rings. The molecule has 0 spiro atoms. The number of carbonyl (C=O) groups excluding carboxylic acids is 3. The van der Waals surface area contributed by atoms with Crippen LogP contribution >= 0.6 is 0 Å². The fourth-order valence-electron chi connectivity index (χ4n) is 4.32. The van der Waals surface area contributed by atoms with Crippen molar-refractivity contribution in [3.8, 4) is 0 Å². The quantitative estimate of drug-likeness (QED) is 0.714. The molecule has 0 aromatic heterocycles. The molecule has 3 rings (SSSR count). The van der Waals surface area contributed by atoms with Crippen LogP contribution in [0, 0.1) is 5.92 Å². The molecule has 1 aliphatic carbocycles. The molecule has 6 nitrogen and oxygen atoms in total. The van der Waals surface area contributed by atoms with Gasteiger partial charge in [-0.3, -0.25) is 14.4 Å². The van der Waals surface area contributed by atoms with Crippen molar-refractivity contribution in [3.05, 3.63) is 0 Å². The minimum atomic E-state index is -0.190. The van der Waals surface area contributed by atoms with E-state index in [9.17, 15) is 14.4 Å². The van der Waals surface area contributed by atoms with E-state index in [1.54, 1.807) is 11.8 Å². The third-order valence-corrected chi connectivity index (χ3v) is 5.81. The zero-order valence-corrected chi connectivity index (χ0v) is 14.7. The van der Waals surface area contributed by atoms with Crippen LogP contribution < -0.4 is 0 Å². The van der Waals surface area contributed by atoms with Gasteiger partial charge < -0.3 is 14.7 Å². The van der Waals surface area contributed by atoms with Gasteiger partial charge in [0.05, 0.1) is 5.92 Å². The molecule has 1 atom stereocenters. The van der Waals surface area contributed by atoms with Crippen molar-refractivity contribution >= 4 is 17.7 Å². The van der Waals surface area contributed by atoms with Crippen LogP contribution in [-0.4, -0.2) is 71.2 Å². The first-order valence-corrected chi connectivity index (χ1v) is 9.40. The molecule has 134 valence electrons. The SMILES string of the molecule is CC(=O)N1CCN(C(=O)C2CC(=O)N(C3CCCCCC3)C2)CC1. The van der Waals surface area contributed by atoms with Crippen LogP contribution in [-0.2, 0) is 14.4 Å². The van der Waals surface area contributed by atoms with Crippen LogP contribution in [0.25, 0.3) is 0 Å². The summed E-state index contributed by atoms with van der Waals surface area (Å²) in [5.74, 6) is 0.132. The van der Waals surface area contributed by atoms with Gasteiger partial charge in [0.15, 0.2) is 0 Å². The lowest BCUT2D eigenvalue weighted by Crippen LogP contribution is -2.51. The van der Waals surface area contributed by atoms with E-state index < -0.39 is 0 Å². The number of piperazine rings is 1. The third kappa shape index (κ3) is 3.73. The predicted octanol–water partition coefficient (Wildman–Crippen LogP) is 1.25. The van der Waals surface area contributed by atoms with E-state index in [1.165, 1.54) is 25.7 Å². The highest BCUT2D eigenvalue weighted by atomic mass is 16.2. The molecule has 6 heteroatoms. The van der Waals surface area contributed by atoms with Crippen LogP contribution in [0.2, 0.25) is 0 Å². The molecule has 0 radical (unpaired) electrons. The van der Waals surface area contributed by atoms with Gasteiger partial charge in [0, 0.05) is 52.1 Å². The van der Waals surface area contributed by atoms with Gasteiger partial charge in [0.2, 0.25) is 17.7 Å². The second-order valence-corrected chi connectivity index (χ2v) is 7.42. The van der Waals surface area contributed by atoms with Crippen LogP contribution in [0.15, 0.2) is 0 Å². The fourth-order valence-corrected chi connectivity index (χ4v) is 4.32. The summed E-state index contributed by atoms with van der Waals surface area (Å²) < 4.78 is 0. The molecule has 1 unspecified atom stereocenters. The van der Waals surface area contributed by atoms with E-state index in [0.717, 1.165) is 12.8 Å². The zero-order valence-electron chi connectivity index (χ0n) is 14.7. The van der Waals surface area contributed by atoms with Gasteiger partial charge in [-0.2, -0.15) is 0 Å². The van der Waals surface area contributed by atoms with E-state index in [2.05, 4.69) is 0 Å². The molecular weight excluding hydrogens is 306 g/mol. The highest BCUT2D eigenvalue weighted by Gasteiger charge is 2.40. The third-order valence-electron chi connectivity index (χ3n) is 5.81. The Balaban J connectivity index is 1.55. The summed E-state index contributed by atoms with van der Waals surface area (Å²) in [5, 5.41) is 0. The van der Waals surface area contributed by atoms with Gasteiger partial charge in [0.1, 0.15) is 0 Å². The Morgan fingerprint density at radius 1 is 0.917 bits per heavy atom. The minimum absolute atomic E-state index is 0.0673. The van der Waals surface area contributed by atoms with Crippen molar-refractivity contribution in [3.63, 3.8) is 0 Å². The Morgan fingerprint density at radius 2 is 1.50 bits per heavy atom. The molecule has 3 fully saturated rings. The lowest BCUT2D eigenvalue weighted by Gasteiger charge is -2.35. The normalized spacial score (nSPS) is 26.6. The molecule has 2 saturated heterocycles. The van der Waals surface area contributed by atoms with Crippen molar-refractivity contribution in [2.45, 2.75) is 57.9 Å². The first-order chi connectivity index (χ1) is 11.6. The predicted molar refractivity (Wildman–Crippen MR) is 90.1 cm³/mol. The smallest absolute Gasteiger partial charge is 0.228 e. The fraction of sp³-hybridized carbons (Fsp3) is 0.833. The standard InChI is InChI=1S/C18H29N3O3/c1-14(22)19-8-10-20(11-9-19)18(24)15-12-17(23)21(13-15)16-6-4-2-3-5-7-16/h15-16H,2-13H2,1H3. The van der Waals surface area contributed by atoms with Crippen molar-refractivity contribution in [1.82, 2.24) is 14.7 Å². The minimum Gasteiger partial charge on any atom is -0.339 e. The second kappa shape index (κ2) is 7.53. The van der Waals surface area contributed by atoms with Crippen LogP contribution in [0.4, 0.5) is 0 Å². The lowest BCUT2D eigenvalue weighted by atomic mass is 10.1. The maximum absolute atomic E-state index is 12.8. The number of nitrogens with zero attached hydrogens (tertiary/aromatic N) is 3. The van der Waals surface area contributed by atoms with E-state index in [4.69, 9.17) is 0 Å². The first kappa shape index (κ1) is 17.2. The number of likely N-dealkylation sites (tertiary alicyclic amines) is 1. The van der Waals surface area contributed by atoms with Crippen molar-refractivity contribution in [1.29, 1.82) is 0 Å². The molecule has 0 bridgehead atoms. The van der Waals surface area contributed by atoms with Gasteiger partial charge in [-0.1, -0.05) is 25.7 Å². The van der Waals surface area contributed by atoms with Gasteiger partial charge in [0.25, 0.3) is 0 Å². The molecule has 1 saturated carbocycles. The zero-order chi connectivity index (χ0) is 17.1. The molecular formula is C18H29N3O3. The summed E-state index contributed by atoms with van der Waals surface area (Å²) >= 11 is 0. The number of hydrogen-bond donors (Lipinski definition) is 0. The number of carbonyl (C=O) groups is 3. The molecule has 24 heavy (non-hydrogen) atoms. The summed E-state index contributed by atoms with van der Waals surface area (Å²) in [6.07, 6.45) is 7.46. The molecule has 2 heterocycles. The number of amides is 3. The first-order valence-electron chi connectivity index (χ1n) is 9.40. The number of hydrogen-bond acceptors (Lipinski definition) is 3. The highest BCUT2D eigenvalue weighted by Crippen LogP contribution is 2.29. The van der Waals surface area contributed by atoms with Crippen molar-refractivity contribution in [2.24, 2.45) is 5.92 Å². The molecule has 3 amide bonds. The molecule has 0 aromatic carbocycles. The largest absolute Gasteiger partial charge is 0.339 e. The van der Waals surface area contributed by atoms with Gasteiger partial charge in [-0.15, -0.1) is 0 Å². The molecule has 2 aliphatic heterocycles. The van der Waals surface area contributed by atoms with Gasteiger partial charge >= 0.3 is 0 Å². The Kier molecular flexibility index (Phi) is 5.41. The summed E-state index contributed by atoms with van der Waals surface area (Å²) in [6, 6.07) is 0.340. The van der Waals surface area contributed by atoms with Gasteiger partial charge in [-0.25, -0.2) is 0 Å². The maximum Gasteiger partial charge on any atom is 0.228 e. The summed E-state index contributed by atoms with van der Waals surface area (Å²) in [4.78, 5) is 42.2. The molecule has 3 aliphatic rings. The van der Waals surface area contributed by atoms with E-state index in [-0.39, 0.29) is 23.6 Å². The van der Waals surface area contributed by atoms with Crippen LogP contribution in [0.5, 0.6) is 0 Å². The van der Waals surface area contributed by atoms with Crippen LogP contribution in [0.3, 0.4) is 0 Å². The summed E-state index contributed by atoms with van der Waals surface area (Å²) in [7, 11) is 0. The lowest BCUT2D eigenvalue weighted by molar-refractivity contribution is -0.141. The average Bonchev–Trinajstić information content (AvgIpc) is 2.80. The van der Waals surface area contributed by atoms with Crippen molar-refractivity contribution < 1.29 is 14.4 Å². The molecule has 0 N–H and O–H groups in total. The van der Waals surface area contributed by atoms with E-state index in [1.807, 2.05) is 9.80 Å². The Labute approximate surface area is 144 Å². The Morgan fingerprint density at radius 3 is 2.08 bits per heavy atom. The Hall–Kier alpha value is -1.59.